The van der Waals surface area contributed by atoms with Crippen molar-refractivity contribution in [3.8, 4) is 0 Å². The normalized spacial score (nSPS) is 12.6. The number of rotatable bonds is 10. The molecule has 0 aliphatic heterocycles. The van der Waals surface area contributed by atoms with Crippen LogP contribution >= 0.6 is 15.9 Å². The molecule has 0 amide bonds. The number of hydrogen-bond donors (Lipinski definition) is 1. The monoisotopic (exact) mass is 343 g/mol. The maximum atomic E-state index is 13.3. The van der Waals surface area contributed by atoms with Crippen molar-refractivity contribution >= 4 is 15.9 Å². The van der Waals surface area contributed by atoms with Crippen LogP contribution in [-0.2, 0) is 0 Å². The van der Waals surface area contributed by atoms with E-state index in [1.54, 1.807) is 6.07 Å². The first kappa shape index (κ1) is 17.6. The van der Waals surface area contributed by atoms with E-state index in [0.717, 1.165) is 13.0 Å². The molecule has 0 aliphatic carbocycles. The zero-order chi connectivity index (χ0) is 14.8. The van der Waals surface area contributed by atoms with Gasteiger partial charge < -0.3 is 5.32 Å². The van der Waals surface area contributed by atoms with E-state index in [1.807, 2.05) is 12.1 Å². The summed E-state index contributed by atoms with van der Waals surface area (Å²) < 4.78 is 13.9. The van der Waals surface area contributed by atoms with E-state index in [-0.39, 0.29) is 5.82 Å². The summed E-state index contributed by atoms with van der Waals surface area (Å²) in [6.45, 7) is 5.30. The van der Waals surface area contributed by atoms with Gasteiger partial charge in [0.2, 0.25) is 0 Å². The molecule has 1 unspecified atom stereocenters. The second-order valence-corrected chi connectivity index (χ2v) is 6.19. The lowest BCUT2D eigenvalue weighted by molar-refractivity contribution is 0.476. The van der Waals surface area contributed by atoms with Crippen molar-refractivity contribution in [2.75, 3.05) is 6.54 Å². The van der Waals surface area contributed by atoms with Crippen LogP contribution in [0, 0.1) is 5.82 Å². The van der Waals surface area contributed by atoms with Crippen LogP contribution < -0.4 is 5.32 Å². The van der Waals surface area contributed by atoms with E-state index in [4.69, 9.17) is 0 Å². The van der Waals surface area contributed by atoms with Gasteiger partial charge in [0.1, 0.15) is 5.82 Å². The van der Waals surface area contributed by atoms with Crippen LogP contribution in [0.3, 0.4) is 0 Å². The van der Waals surface area contributed by atoms with E-state index in [0.29, 0.717) is 10.5 Å². The molecule has 20 heavy (non-hydrogen) atoms. The van der Waals surface area contributed by atoms with Crippen molar-refractivity contribution < 1.29 is 4.39 Å². The number of unbranched alkanes of at least 4 members (excludes halogenated alkanes) is 5. The predicted octanol–water partition coefficient (Wildman–Crippen LogP) is 5.99. The molecule has 1 aromatic rings. The second kappa shape index (κ2) is 10.3. The molecule has 0 aliphatic rings. The summed E-state index contributed by atoms with van der Waals surface area (Å²) in [5.74, 6) is -0.191. The van der Waals surface area contributed by atoms with Gasteiger partial charge in [0, 0.05) is 6.04 Å². The number of halogens is 2. The van der Waals surface area contributed by atoms with Crippen molar-refractivity contribution in [3.63, 3.8) is 0 Å². The first-order chi connectivity index (χ1) is 9.69. The Balaban J connectivity index is 2.45. The van der Waals surface area contributed by atoms with E-state index in [2.05, 4.69) is 35.1 Å². The fraction of sp³-hybridized carbons (Fsp3) is 0.647. The molecule has 1 nitrogen and oxygen atoms in total. The molecule has 0 bridgehead atoms. The minimum Gasteiger partial charge on any atom is -0.310 e. The maximum Gasteiger partial charge on any atom is 0.137 e. The van der Waals surface area contributed by atoms with Gasteiger partial charge in [0.25, 0.3) is 0 Å². The van der Waals surface area contributed by atoms with Gasteiger partial charge in [-0.2, -0.15) is 0 Å². The highest BCUT2D eigenvalue weighted by molar-refractivity contribution is 9.10. The van der Waals surface area contributed by atoms with Gasteiger partial charge in [-0.15, -0.1) is 0 Å². The van der Waals surface area contributed by atoms with Crippen LogP contribution in [0.1, 0.15) is 70.4 Å². The van der Waals surface area contributed by atoms with Gasteiger partial charge in [0.05, 0.1) is 4.47 Å². The van der Waals surface area contributed by atoms with Crippen molar-refractivity contribution in [1.82, 2.24) is 5.32 Å². The summed E-state index contributed by atoms with van der Waals surface area (Å²) in [6, 6.07) is 5.68. The fourth-order valence-corrected chi connectivity index (χ4v) is 2.89. The topological polar surface area (TPSA) is 12.0 Å². The molecule has 0 radical (unpaired) electrons. The number of nitrogens with one attached hydrogen (secondary N) is 1. The first-order valence-corrected chi connectivity index (χ1v) is 8.66. The molecule has 0 aromatic heterocycles. The van der Waals surface area contributed by atoms with Gasteiger partial charge >= 0.3 is 0 Å². The Bertz CT molecular complexity index is 381. The molecule has 0 heterocycles. The van der Waals surface area contributed by atoms with Gasteiger partial charge in [-0.05, 0) is 46.6 Å². The Morgan fingerprint density at radius 1 is 1.10 bits per heavy atom. The van der Waals surface area contributed by atoms with Crippen LogP contribution in [0.25, 0.3) is 0 Å². The highest BCUT2D eigenvalue weighted by atomic mass is 79.9. The molecule has 1 atom stereocenters. The summed E-state index contributed by atoms with van der Waals surface area (Å²) in [6.07, 6.45) is 8.98. The van der Waals surface area contributed by atoms with Crippen LogP contribution in [0.4, 0.5) is 4.39 Å². The zero-order valence-electron chi connectivity index (χ0n) is 12.7. The SMILES string of the molecule is CCCCCCCCC(NCC)c1ccc(F)c(Br)c1. The lowest BCUT2D eigenvalue weighted by Gasteiger charge is -2.19. The molecule has 0 fully saturated rings. The quantitative estimate of drug-likeness (QED) is 0.514. The highest BCUT2D eigenvalue weighted by Gasteiger charge is 2.11. The molecule has 0 saturated heterocycles. The van der Waals surface area contributed by atoms with Gasteiger partial charge in [-0.3, -0.25) is 0 Å². The lowest BCUT2D eigenvalue weighted by atomic mass is 9.99. The van der Waals surface area contributed by atoms with E-state index in [9.17, 15) is 4.39 Å². The smallest absolute Gasteiger partial charge is 0.137 e. The van der Waals surface area contributed by atoms with E-state index < -0.39 is 0 Å². The highest BCUT2D eigenvalue weighted by Crippen LogP contribution is 2.25. The van der Waals surface area contributed by atoms with Crippen LogP contribution in [0.5, 0.6) is 0 Å². The maximum absolute atomic E-state index is 13.3. The van der Waals surface area contributed by atoms with Crippen molar-refractivity contribution in [3.05, 3.63) is 34.1 Å². The summed E-state index contributed by atoms with van der Waals surface area (Å²) in [7, 11) is 0. The first-order valence-electron chi connectivity index (χ1n) is 7.87. The standard InChI is InChI=1S/C17H27BrFN/c1-3-5-6-7-8-9-10-17(20-4-2)14-11-12-16(19)15(18)13-14/h11-13,17,20H,3-10H2,1-2H3. The van der Waals surface area contributed by atoms with Gasteiger partial charge in [-0.25, -0.2) is 4.39 Å². The van der Waals surface area contributed by atoms with Crippen molar-refractivity contribution in [2.24, 2.45) is 0 Å². The van der Waals surface area contributed by atoms with E-state index in [1.165, 1.54) is 44.1 Å². The van der Waals surface area contributed by atoms with Crippen molar-refractivity contribution in [1.29, 1.82) is 0 Å². The Morgan fingerprint density at radius 2 is 1.80 bits per heavy atom. The Morgan fingerprint density at radius 3 is 2.45 bits per heavy atom. The van der Waals surface area contributed by atoms with Gasteiger partial charge in [0.15, 0.2) is 0 Å². The molecule has 0 spiro atoms. The van der Waals surface area contributed by atoms with Gasteiger partial charge in [-0.1, -0.05) is 58.4 Å². The average molecular weight is 344 g/mol. The third-order valence-electron chi connectivity index (χ3n) is 3.64. The van der Waals surface area contributed by atoms with E-state index >= 15 is 0 Å². The molecule has 114 valence electrons. The van der Waals surface area contributed by atoms with Crippen molar-refractivity contribution in [2.45, 2.75) is 64.8 Å². The lowest BCUT2D eigenvalue weighted by Crippen LogP contribution is -2.20. The summed E-state index contributed by atoms with van der Waals surface area (Å²) >= 11 is 3.27. The zero-order valence-corrected chi connectivity index (χ0v) is 14.3. The molecular formula is C17H27BrFN. The minimum absolute atomic E-state index is 0.191. The second-order valence-electron chi connectivity index (χ2n) is 5.34. The Hall–Kier alpha value is -0.410. The number of hydrogen-bond acceptors (Lipinski definition) is 1. The predicted molar refractivity (Wildman–Crippen MR) is 88.5 cm³/mol. The van der Waals surface area contributed by atoms with Crippen LogP contribution in [0.15, 0.2) is 22.7 Å². The average Bonchev–Trinajstić information content (AvgIpc) is 2.44. The third kappa shape index (κ3) is 6.36. The molecule has 3 heteroatoms. The molecule has 0 saturated carbocycles. The Kier molecular flexibility index (Phi) is 9.12. The molecule has 1 N–H and O–H groups in total. The summed E-state index contributed by atoms with van der Waals surface area (Å²) in [5, 5.41) is 3.50. The molecule has 1 rings (SSSR count). The Labute approximate surface area is 131 Å². The fourth-order valence-electron chi connectivity index (χ4n) is 2.49. The minimum atomic E-state index is -0.191. The molecule has 1 aromatic carbocycles. The largest absolute Gasteiger partial charge is 0.310 e. The summed E-state index contributed by atoms with van der Waals surface area (Å²) in [4.78, 5) is 0. The van der Waals surface area contributed by atoms with Crippen LogP contribution in [-0.4, -0.2) is 6.54 Å². The molecular weight excluding hydrogens is 317 g/mol. The summed E-state index contributed by atoms with van der Waals surface area (Å²) in [5.41, 5.74) is 1.17. The third-order valence-corrected chi connectivity index (χ3v) is 4.25. The van der Waals surface area contributed by atoms with Crippen LogP contribution in [0.2, 0.25) is 0 Å². The number of benzene rings is 1.